The Labute approximate surface area is 126 Å². The summed E-state index contributed by atoms with van der Waals surface area (Å²) >= 11 is 1.27. The topological polar surface area (TPSA) is 68.0 Å². The molecule has 0 fully saturated rings. The van der Waals surface area contributed by atoms with Gasteiger partial charge in [0.15, 0.2) is 0 Å². The molecular formula is C15H15N3O2S. The summed E-state index contributed by atoms with van der Waals surface area (Å²) in [5.41, 5.74) is 3.21. The summed E-state index contributed by atoms with van der Waals surface area (Å²) in [6.07, 6.45) is 2.43. The van der Waals surface area contributed by atoms with E-state index in [1.54, 1.807) is 0 Å². The maximum absolute atomic E-state index is 12.4. The summed E-state index contributed by atoms with van der Waals surface area (Å²) in [6, 6.07) is 5.73. The lowest BCUT2D eigenvalue weighted by atomic mass is 10.1. The van der Waals surface area contributed by atoms with Gasteiger partial charge in [0.25, 0.3) is 5.91 Å². The number of benzene rings is 1. The van der Waals surface area contributed by atoms with Crippen LogP contribution in [0.15, 0.2) is 34.3 Å². The minimum absolute atomic E-state index is 0.164. The molecule has 5 nitrogen and oxygen atoms in total. The van der Waals surface area contributed by atoms with E-state index in [1.807, 2.05) is 30.5 Å². The lowest BCUT2D eigenvalue weighted by Crippen LogP contribution is -2.26. The second-order valence-corrected chi connectivity index (χ2v) is 5.47. The van der Waals surface area contributed by atoms with Crippen LogP contribution >= 0.6 is 11.5 Å². The van der Waals surface area contributed by atoms with Gasteiger partial charge >= 0.3 is 0 Å². The van der Waals surface area contributed by atoms with E-state index in [4.69, 9.17) is 4.42 Å². The lowest BCUT2D eigenvalue weighted by molar-refractivity contribution is 0.0940. The maximum Gasteiger partial charge on any atom is 0.255 e. The fraction of sp³-hybridized carbons (Fsp3) is 0.267. The van der Waals surface area contributed by atoms with E-state index in [1.165, 1.54) is 23.4 Å². The highest BCUT2D eigenvalue weighted by molar-refractivity contribution is 7.03. The molecule has 0 aliphatic carbocycles. The summed E-state index contributed by atoms with van der Waals surface area (Å²) < 4.78 is 9.26. The van der Waals surface area contributed by atoms with Gasteiger partial charge < -0.3 is 9.73 Å². The van der Waals surface area contributed by atoms with Crippen molar-refractivity contribution in [2.45, 2.75) is 26.3 Å². The zero-order valence-electron chi connectivity index (χ0n) is 11.8. The van der Waals surface area contributed by atoms with Crippen molar-refractivity contribution in [3.8, 4) is 0 Å². The average molecular weight is 301 g/mol. The molecule has 0 bridgehead atoms. The molecule has 1 unspecified atom stereocenters. The summed E-state index contributed by atoms with van der Waals surface area (Å²) in [5.74, 6) is -0.164. The van der Waals surface area contributed by atoms with E-state index < -0.39 is 0 Å². The van der Waals surface area contributed by atoms with Crippen LogP contribution in [0.4, 0.5) is 0 Å². The number of aryl methyl sites for hydroxylation is 1. The monoisotopic (exact) mass is 301 g/mol. The first-order chi connectivity index (χ1) is 10.2. The SMILES string of the molecule is CCc1ccc2occ(C(=O)NC(C)c3csnn3)c2c1. The molecule has 0 saturated carbocycles. The number of nitrogens with one attached hydrogen (secondary N) is 1. The highest BCUT2D eigenvalue weighted by Gasteiger charge is 2.17. The number of carbonyl (C=O) groups excluding carboxylic acids is 1. The van der Waals surface area contributed by atoms with E-state index in [0.717, 1.165) is 23.1 Å². The molecule has 1 N–H and O–H groups in total. The Bertz CT molecular complexity index is 764. The smallest absolute Gasteiger partial charge is 0.255 e. The number of amides is 1. The quantitative estimate of drug-likeness (QED) is 0.802. The van der Waals surface area contributed by atoms with Crippen LogP contribution in [-0.4, -0.2) is 15.5 Å². The number of hydrogen-bond donors (Lipinski definition) is 1. The molecule has 3 rings (SSSR count). The van der Waals surface area contributed by atoms with Crippen molar-refractivity contribution < 1.29 is 9.21 Å². The number of carbonyl (C=O) groups is 1. The van der Waals surface area contributed by atoms with Crippen LogP contribution < -0.4 is 5.32 Å². The highest BCUT2D eigenvalue weighted by Crippen LogP contribution is 2.23. The van der Waals surface area contributed by atoms with Crippen LogP contribution in [0.5, 0.6) is 0 Å². The van der Waals surface area contributed by atoms with E-state index >= 15 is 0 Å². The Morgan fingerprint density at radius 2 is 2.33 bits per heavy atom. The Morgan fingerprint density at radius 1 is 1.48 bits per heavy atom. The molecule has 1 amide bonds. The first-order valence-corrected chi connectivity index (χ1v) is 7.60. The van der Waals surface area contributed by atoms with E-state index in [-0.39, 0.29) is 11.9 Å². The Morgan fingerprint density at radius 3 is 3.05 bits per heavy atom. The van der Waals surface area contributed by atoms with Gasteiger partial charge in [-0.05, 0) is 42.6 Å². The molecule has 0 radical (unpaired) electrons. The van der Waals surface area contributed by atoms with E-state index in [0.29, 0.717) is 5.56 Å². The number of aromatic nitrogens is 2. The van der Waals surface area contributed by atoms with Crippen molar-refractivity contribution in [3.05, 3.63) is 46.7 Å². The van der Waals surface area contributed by atoms with Crippen LogP contribution in [0.25, 0.3) is 11.0 Å². The molecular weight excluding hydrogens is 286 g/mol. The fourth-order valence-corrected chi connectivity index (χ4v) is 2.73. The van der Waals surface area contributed by atoms with Gasteiger partial charge in [-0.15, -0.1) is 5.10 Å². The van der Waals surface area contributed by atoms with E-state index in [9.17, 15) is 4.79 Å². The maximum atomic E-state index is 12.4. The summed E-state index contributed by atoms with van der Waals surface area (Å²) in [6.45, 7) is 3.96. The number of nitrogens with zero attached hydrogens (tertiary/aromatic N) is 2. The van der Waals surface area contributed by atoms with Gasteiger partial charge in [-0.25, -0.2) is 0 Å². The summed E-state index contributed by atoms with van der Waals surface area (Å²) in [7, 11) is 0. The van der Waals surface area contributed by atoms with Gasteiger partial charge in [-0.3, -0.25) is 4.79 Å². The van der Waals surface area contributed by atoms with Crippen LogP contribution in [-0.2, 0) is 6.42 Å². The molecule has 1 aromatic carbocycles. The first-order valence-electron chi connectivity index (χ1n) is 6.77. The van der Waals surface area contributed by atoms with Gasteiger partial charge in [0.05, 0.1) is 17.3 Å². The molecule has 0 aliphatic rings. The molecule has 0 spiro atoms. The third-order valence-corrected chi connectivity index (χ3v) is 3.98. The number of furan rings is 1. The van der Waals surface area contributed by atoms with E-state index in [2.05, 4.69) is 21.8 Å². The first kappa shape index (κ1) is 13.8. The molecule has 6 heteroatoms. The fourth-order valence-electron chi connectivity index (χ4n) is 2.18. The Balaban J connectivity index is 1.87. The number of fused-ring (bicyclic) bond motifs is 1. The minimum atomic E-state index is -0.185. The standard InChI is InChI=1S/C15H15N3O2S/c1-3-10-4-5-14-11(6-10)12(7-20-14)15(19)16-9(2)13-8-21-18-17-13/h4-9H,3H2,1-2H3,(H,16,19). The average Bonchev–Trinajstić information content (AvgIpc) is 3.15. The van der Waals surface area contributed by atoms with Crippen molar-refractivity contribution in [1.82, 2.24) is 14.9 Å². The lowest BCUT2D eigenvalue weighted by Gasteiger charge is -2.10. The van der Waals surface area contributed by atoms with Gasteiger partial charge in [-0.2, -0.15) is 0 Å². The molecule has 2 heterocycles. The summed E-state index contributed by atoms with van der Waals surface area (Å²) in [4.78, 5) is 12.4. The molecule has 0 saturated heterocycles. The Kier molecular flexibility index (Phi) is 3.70. The second-order valence-electron chi connectivity index (χ2n) is 4.86. The highest BCUT2D eigenvalue weighted by atomic mass is 32.1. The molecule has 0 aliphatic heterocycles. The predicted molar refractivity (Wildman–Crippen MR) is 81.4 cm³/mol. The predicted octanol–water partition coefficient (Wildman–Crippen LogP) is 3.34. The van der Waals surface area contributed by atoms with Crippen molar-refractivity contribution >= 4 is 28.4 Å². The number of hydrogen-bond acceptors (Lipinski definition) is 5. The second kappa shape index (κ2) is 5.65. The van der Waals surface area contributed by atoms with Crippen LogP contribution in [0.1, 0.15) is 41.5 Å². The van der Waals surface area contributed by atoms with Crippen molar-refractivity contribution in [3.63, 3.8) is 0 Å². The third kappa shape index (κ3) is 2.67. The molecule has 21 heavy (non-hydrogen) atoms. The van der Waals surface area contributed by atoms with Gasteiger partial charge in [0.2, 0.25) is 0 Å². The van der Waals surface area contributed by atoms with Crippen LogP contribution in [0, 0.1) is 0 Å². The zero-order chi connectivity index (χ0) is 14.8. The normalized spacial score (nSPS) is 12.5. The zero-order valence-corrected chi connectivity index (χ0v) is 12.6. The van der Waals surface area contributed by atoms with Crippen LogP contribution in [0.2, 0.25) is 0 Å². The molecule has 2 aromatic heterocycles. The number of rotatable bonds is 4. The van der Waals surface area contributed by atoms with Crippen molar-refractivity contribution in [1.29, 1.82) is 0 Å². The van der Waals surface area contributed by atoms with Crippen LogP contribution in [0.3, 0.4) is 0 Å². The minimum Gasteiger partial charge on any atom is -0.463 e. The largest absolute Gasteiger partial charge is 0.463 e. The molecule has 1 atom stereocenters. The Hall–Kier alpha value is -2.21. The summed E-state index contributed by atoms with van der Waals surface area (Å²) in [5, 5.41) is 9.56. The van der Waals surface area contributed by atoms with Crippen molar-refractivity contribution in [2.24, 2.45) is 0 Å². The third-order valence-electron chi connectivity index (χ3n) is 3.46. The van der Waals surface area contributed by atoms with Crippen molar-refractivity contribution in [2.75, 3.05) is 0 Å². The molecule has 108 valence electrons. The molecule has 3 aromatic rings. The van der Waals surface area contributed by atoms with Gasteiger partial charge in [0, 0.05) is 10.8 Å². The van der Waals surface area contributed by atoms with Gasteiger partial charge in [0.1, 0.15) is 11.8 Å². The van der Waals surface area contributed by atoms with Gasteiger partial charge in [-0.1, -0.05) is 17.5 Å².